The predicted molar refractivity (Wildman–Crippen MR) is 89.4 cm³/mol. The van der Waals surface area contributed by atoms with Gasteiger partial charge in [0, 0.05) is 5.56 Å². The van der Waals surface area contributed by atoms with Crippen LogP contribution in [-0.4, -0.2) is 12.4 Å². The molecule has 0 aliphatic carbocycles. The Morgan fingerprint density at radius 1 is 1.00 bits per heavy atom. The quantitative estimate of drug-likeness (QED) is 0.612. The highest BCUT2D eigenvalue weighted by molar-refractivity contribution is 7.48. The van der Waals surface area contributed by atoms with Gasteiger partial charge in [-0.05, 0) is 61.1 Å². The summed E-state index contributed by atoms with van der Waals surface area (Å²) in [5, 5.41) is 0.460. The van der Waals surface area contributed by atoms with Crippen LogP contribution in [-0.2, 0) is 9.09 Å². The van der Waals surface area contributed by atoms with Crippen LogP contribution in [0.2, 0.25) is 0 Å². The number of benzene rings is 2. The molecule has 4 heteroatoms. The summed E-state index contributed by atoms with van der Waals surface area (Å²) in [6.45, 7) is 8.11. The van der Waals surface area contributed by atoms with Crippen molar-refractivity contribution in [3.8, 4) is 0 Å². The van der Waals surface area contributed by atoms with Crippen molar-refractivity contribution >= 4 is 19.1 Å². The Morgan fingerprint density at radius 2 is 1.68 bits per heavy atom. The number of ketones is 1. The second kappa shape index (κ2) is 6.95. The molecule has 0 aromatic heterocycles. The highest BCUT2D eigenvalue weighted by Gasteiger charge is 2.29. The Labute approximate surface area is 132 Å². The number of hydrogen-bond donors (Lipinski definition) is 0. The molecule has 0 heterocycles. The summed E-state index contributed by atoms with van der Waals surface area (Å²) in [7, 11) is -2.01. The first-order valence-corrected chi connectivity index (χ1v) is 8.45. The molecule has 0 fully saturated rings. The van der Waals surface area contributed by atoms with Crippen LogP contribution in [0.25, 0.3) is 0 Å². The molecule has 114 valence electrons. The monoisotopic (exact) mass is 315 g/mol. The van der Waals surface area contributed by atoms with Crippen LogP contribution in [0, 0.1) is 20.8 Å². The maximum atomic E-state index is 12.9. The lowest BCUT2D eigenvalue weighted by atomic mass is 9.93. The minimum atomic E-state index is -2.01. The zero-order chi connectivity index (χ0) is 16.3. The first kappa shape index (κ1) is 16.5. The van der Waals surface area contributed by atoms with Gasteiger partial charge in [0.2, 0.25) is 5.30 Å². The van der Waals surface area contributed by atoms with E-state index in [1.54, 1.807) is 31.2 Å². The Balaban J connectivity index is 2.51. The van der Waals surface area contributed by atoms with Gasteiger partial charge in [-0.1, -0.05) is 24.3 Å². The molecule has 1 atom stereocenters. The first-order chi connectivity index (χ1) is 10.5. The zero-order valence-corrected chi connectivity index (χ0v) is 14.2. The van der Waals surface area contributed by atoms with Crippen molar-refractivity contribution in [1.82, 2.24) is 0 Å². The van der Waals surface area contributed by atoms with E-state index >= 15 is 0 Å². The molecule has 1 unspecified atom stereocenters. The third-order valence-corrected chi connectivity index (χ3v) is 5.17. The fourth-order valence-corrected chi connectivity index (χ4v) is 3.31. The van der Waals surface area contributed by atoms with Gasteiger partial charge in [0.25, 0.3) is 0 Å². The standard InChI is InChI=1S/C18H20O3P/c1-5-21-22(20)17-9-7-6-8-16(17)18(19)15-11-10-12(2)13(3)14(15)4/h6-11H,5H2,1-4H3/q+1. The average molecular weight is 315 g/mol. The van der Waals surface area contributed by atoms with E-state index in [-0.39, 0.29) is 5.78 Å². The van der Waals surface area contributed by atoms with Crippen LogP contribution in [0.4, 0.5) is 0 Å². The molecule has 2 aromatic carbocycles. The Hall–Kier alpha value is -1.83. The van der Waals surface area contributed by atoms with Crippen molar-refractivity contribution in [3.63, 3.8) is 0 Å². The van der Waals surface area contributed by atoms with E-state index in [9.17, 15) is 9.36 Å². The van der Waals surface area contributed by atoms with Crippen LogP contribution in [0.1, 0.15) is 39.5 Å². The second-order valence-electron chi connectivity index (χ2n) is 5.20. The van der Waals surface area contributed by atoms with E-state index in [2.05, 4.69) is 0 Å². The predicted octanol–water partition coefficient (Wildman–Crippen LogP) is 4.25. The summed E-state index contributed by atoms with van der Waals surface area (Å²) in [4.78, 5) is 12.9. The molecule has 2 aromatic rings. The number of aryl methyl sites for hydroxylation is 1. The highest BCUT2D eigenvalue weighted by Crippen LogP contribution is 2.26. The van der Waals surface area contributed by atoms with Crippen molar-refractivity contribution in [2.45, 2.75) is 27.7 Å². The minimum Gasteiger partial charge on any atom is -0.288 e. The van der Waals surface area contributed by atoms with E-state index < -0.39 is 8.03 Å². The SMILES string of the molecule is CCO[P+](=O)c1ccccc1C(=O)c1ccc(C)c(C)c1C. The summed E-state index contributed by atoms with van der Waals surface area (Å²) >= 11 is 0. The maximum Gasteiger partial charge on any atom is 0.549 e. The van der Waals surface area contributed by atoms with Crippen molar-refractivity contribution < 1.29 is 13.9 Å². The molecule has 0 N–H and O–H groups in total. The van der Waals surface area contributed by atoms with Gasteiger partial charge in [-0.15, -0.1) is 4.52 Å². The fourth-order valence-electron chi connectivity index (χ4n) is 2.36. The normalized spacial score (nSPS) is 11.4. The Kier molecular flexibility index (Phi) is 5.23. The van der Waals surface area contributed by atoms with Crippen molar-refractivity contribution in [2.24, 2.45) is 0 Å². The van der Waals surface area contributed by atoms with Crippen molar-refractivity contribution in [3.05, 3.63) is 64.2 Å². The van der Waals surface area contributed by atoms with E-state index in [1.165, 1.54) is 0 Å². The number of carbonyl (C=O) groups excluding carboxylic acids is 1. The van der Waals surface area contributed by atoms with E-state index in [0.717, 1.165) is 16.7 Å². The summed E-state index contributed by atoms with van der Waals surface area (Å²) in [5.74, 6) is -0.112. The van der Waals surface area contributed by atoms with Crippen LogP contribution in [0.5, 0.6) is 0 Å². The van der Waals surface area contributed by atoms with Gasteiger partial charge in [0.05, 0.1) is 5.56 Å². The molecular formula is C18H20O3P+. The third-order valence-electron chi connectivity index (χ3n) is 3.89. The van der Waals surface area contributed by atoms with E-state index in [1.807, 2.05) is 32.9 Å². The summed E-state index contributed by atoms with van der Waals surface area (Å²) in [6.07, 6.45) is 0. The molecule has 0 spiro atoms. The second-order valence-corrected chi connectivity index (χ2v) is 6.46. The van der Waals surface area contributed by atoms with Gasteiger partial charge in [-0.3, -0.25) is 4.79 Å². The molecule has 0 aliphatic heterocycles. The molecule has 2 rings (SSSR count). The summed E-state index contributed by atoms with van der Waals surface area (Å²) in [6, 6.07) is 10.7. The summed E-state index contributed by atoms with van der Waals surface area (Å²) < 4.78 is 17.4. The molecule has 0 saturated heterocycles. The average Bonchev–Trinajstić information content (AvgIpc) is 2.52. The van der Waals surface area contributed by atoms with Gasteiger partial charge in [-0.25, -0.2) is 0 Å². The van der Waals surface area contributed by atoms with Crippen LogP contribution >= 0.6 is 8.03 Å². The van der Waals surface area contributed by atoms with E-state index in [0.29, 0.717) is 23.0 Å². The zero-order valence-electron chi connectivity index (χ0n) is 13.3. The first-order valence-electron chi connectivity index (χ1n) is 7.28. The van der Waals surface area contributed by atoms with Crippen LogP contribution < -0.4 is 5.30 Å². The van der Waals surface area contributed by atoms with Gasteiger partial charge in [-0.2, -0.15) is 0 Å². The molecule has 22 heavy (non-hydrogen) atoms. The minimum absolute atomic E-state index is 0.112. The Morgan fingerprint density at radius 3 is 2.36 bits per heavy atom. The van der Waals surface area contributed by atoms with Crippen LogP contribution in [0.15, 0.2) is 36.4 Å². The van der Waals surface area contributed by atoms with Gasteiger partial charge in [0.15, 0.2) is 5.78 Å². The number of carbonyl (C=O) groups is 1. The summed E-state index contributed by atoms with van der Waals surface area (Å²) in [5.41, 5.74) is 4.32. The topological polar surface area (TPSA) is 43.4 Å². The Bertz CT molecular complexity index is 735. The van der Waals surface area contributed by atoms with Crippen molar-refractivity contribution in [1.29, 1.82) is 0 Å². The number of rotatable bonds is 5. The molecule has 0 aliphatic rings. The van der Waals surface area contributed by atoms with Crippen LogP contribution in [0.3, 0.4) is 0 Å². The largest absolute Gasteiger partial charge is 0.549 e. The lowest BCUT2D eigenvalue weighted by Gasteiger charge is -2.10. The molecular weight excluding hydrogens is 295 g/mol. The molecule has 0 bridgehead atoms. The van der Waals surface area contributed by atoms with Crippen molar-refractivity contribution in [2.75, 3.05) is 6.61 Å². The van der Waals surface area contributed by atoms with Gasteiger partial charge < -0.3 is 0 Å². The molecule has 3 nitrogen and oxygen atoms in total. The molecule has 0 radical (unpaired) electrons. The fraction of sp³-hybridized carbons (Fsp3) is 0.278. The third kappa shape index (κ3) is 3.16. The van der Waals surface area contributed by atoms with Gasteiger partial charge >= 0.3 is 8.03 Å². The lowest BCUT2D eigenvalue weighted by Crippen LogP contribution is -2.15. The molecule has 0 amide bonds. The van der Waals surface area contributed by atoms with Gasteiger partial charge in [0.1, 0.15) is 6.61 Å². The molecule has 0 saturated carbocycles. The maximum absolute atomic E-state index is 12.9. The lowest BCUT2D eigenvalue weighted by molar-refractivity contribution is 0.103. The number of hydrogen-bond acceptors (Lipinski definition) is 3. The smallest absolute Gasteiger partial charge is 0.288 e. The highest BCUT2D eigenvalue weighted by atomic mass is 31.1. The van der Waals surface area contributed by atoms with E-state index in [4.69, 9.17) is 4.52 Å².